The van der Waals surface area contributed by atoms with Gasteiger partial charge in [-0.2, -0.15) is 0 Å². The zero-order valence-electron chi connectivity index (χ0n) is 24.6. The van der Waals surface area contributed by atoms with Gasteiger partial charge in [-0.25, -0.2) is 5.01 Å². The highest BCUT2D eigenvalue weighted by atomic mass is 16.6. The fraction of sp³-hybridized carbons (Fsp3) is 0.516. The van der Waals surface area contributed by atoms with Gasteiger partial charge in [0.25, 0.3) is 11.6 Å². The quantitative estimate of drug-likeness (QED) is 0.107. The first-order chi connectivity index (χ1) is 19.9. The van der Waals surface area contributed by atoms with Gasteiger partial charge in [-0.05, 0) is 42.3 Å². The summed E-state index contributed by atoms with van der Waals surface area (Å²) in [7, 11) is 3.18. The maximum Gasteiger partial charge on any atom is 0.269 e. The van der Waals surface area contributed by atoms with E-state index >= 15 is 0 Å². The molecule has 0 radical (unpaired) electrons. The molecule has 224 valence electrons. The molecule has 10 nitrogen and oxygen atoms in total. The van der Waals surface area contributed by atoms with Crippen LogP contribution in [0.15, 0.2) is 42.5 Å². The maximum absolute atomic E-state index is 12.6. The van der Waals surface area contributed by atoms with Gasteiger partial charge in [0.2, 0.25) is 5.75 Å². The molecule has 0 spiro atoms. The summed E-state index contributed by atoms with van der Waals surface area (Å²) >= 11 is 0. The van der Waals surface area contributed by atoms with Crippen LogP contribution >= 0.6 is 0 Å². The molecule has 1 aliphatic heterocycles. The van der Waals surface area contributed by atoms with Crippen molar-refractivity contribution in [3.8, 4) is 17.2 Å². The predicted octanol–water partition coefficient (Wildman–Crippen LogP) is 6.00. The van der Waals surface area contributed by atoms with Crippen LogP contribution < -0.4 is 24.5 Å². The monoisotopic (exact) mass is 568 g/mol. The third kappa shape index (κ3) is 10.3. The summed E-state index contributed by atoms with van der Waals surface area (Å²) in [5.41, 5.74) is 4.67. The van der Waals surface area contributed by atoms with Crippen molar-refractivity contribution >= 4 is 23.4 Å². The minimum atomic E-state index is -0.405. The van der Waals surface area contributed by atoms with Gasteiger partial charge in [0.1, 0.15) is 0 Å². The van der Waals surface area contributed by atoms with Crippen molar-refractivity contribution in [2.24, 2.45) is 0 Å². The number of anilines is 1. The molecule has 0 saturated carbocycles. The number of amides is 1. The number of nitrogens with zero attached hydrogens (tertiary/aromatic N) is 3. The van der Waals surface area contributed by atoms with E-state index in [1.807, 2.05) is 17.1 Å². The number of carbonyl (C=O) groups is 1. The van der Waals surface area contributed by atoms with Crippen molar-refractivity contribution in [1.29, 1.82) is 0 Å². The molecule has 1 fully saturated rings. The fourth-order valence-electron chi connectivity index (χ4n) is 4.78. The number of methoxy groups -OCH3 is 2. The molecule has 41 heavy (non-hydrogen) atoms. The SMILES string of the molecule is CCCCCCCCCCOc1c(OC)cc(C=CC(=O)NN2CCN(c3ccc([N+](=O)[O-])cc3)CC2)cc1OC. The van der Waals surface area contributed by atoms with E-state index in [1.54, 1.807) is 32.4 Å². The predicted molar refractivity (Wildman–Crippen MR) is 162 cm³/mol. The Morgan fingerprint density at radius 1 is 0.927 bits per heavy atom. The summed E-state index contributed by atoms with van der Waals surface area (Å²) in [5.74, 6) is 1.46. The second-order valence-electron chi connectivity index (χ2n) is 10.1. The summed E-state index contributed by atoms with van der Waals surface area (Å²) in [5, 5.41) is 12.7. The molecule has 0 aromatic heterocycles. The first-order valence-corrected chi connectivity index (χ1v) is 14.6. The summed E-state index contributed by atoms with van der Waals surface area (Å²) in [4.78, 5) is 25.2. The molecule has 0 aliphatic carbocycles. The topological polar surface area (TPSA) is 106 Å². The molecule has 1 amide bonds. The molecule has 1 aliphatic rings. The number of hydrogen-bond acceptors (Lipinski definition) is 8. The lowest BCUT2D eigenvalue weighted by Crippen LogP contribution is -2.53. The Kier molecular flexibility index (Phi) is 13.2. The van der Waals surface area contributed by atoms with E-state index in [-0.39, 0.29) is 11.6 Å². The lowest BCUT2D eigenvalue weighted by Gasteiger charge is -2.35. The third-order valence-electron chi connectivity index (χ3n) is 7.13. The van der Waals surface area contributed by atoms with Gasteiger partial charge in [0.15, 0.2) is 11.5 Å². The van der Waals surface area contributed by atoms with E-state index < -0.39 is 4.92 Å². The van der Waals surface area contributed by atoms with Gasteiger partial charge >= 0.3 is 0 Å². The highest BCUT2D eigenvalue weighted by Crippen LogP contribution is 2.39. The zero-order valence-corrected chi connectivity index (χ0v) is 24.6. The van der Waals surface area contributed by atoms with Crippen LogP contribution in [-0.2, 0) is 4.79 Å². The molecule has 1 heterocycles. The number of unbranched alkanes of at least 4 members (excludes halogenated alkanes) is 7. The number of hydrazine groups is 1. The first-order valence-electron chi connectivity index (χ1n) is 14.6. The number of nitro benzene ring substituents is 1. The van der Waals surface area contributed by atoms with E-state index in [0.717, 1.165) is 24.1 Å². The van der Waals surface area contributed by atoms with Crippen LogP contribution in [0.3, 0.4) is 0 Å². The zero-order chi connectivity index (χ0) is 29.5. The van der Waals surface area contributed by atoms with Gasteiger partial charge in [-0.15, -0.1) is 0 Å². The molecule has 1 saturated heterocycles. The molecule has 0 atom stereocenters. The van der Waals surface area contributed by atoms with E-state index in [4.69, 9.17) is 14.2 Å². The van der Waals surface area contributed by atoms with Gasteiger partial charge in [-0.3, -0.25) is 20.3 Å². The Balaban J connectivity index is 1.46. The Morgan fingerprint density at radius 3 is 2.07 bits per heavy atom. The summed E-state index contributed by atoms with van der Waals surface area (Å²) < 4.78 is 17.2. The normalized spacial score (nSPS) is 13.8. The van der Waals surface area contributed by atoms with Crippen LogP contribution in [-0.4, -0.2) is 62.8 Å². The minimum Gasteiger partial charge on any atom is -0.493 e. The summed E-state index contributed by atoms with van der Waals surface area (Å²) in [6.07, 6.45) is 13.0. The highest BCUT2D eigenvalue weighted by Gasteiger charge is 2.19. The van der Waals surface area contributed by atoms with Crippen LogP contribution in [0.5, 0.6) is 17.2 Å². The molecule has 0 unspecified atom stereocenters. The van der Waals surface area contributed by atoms with E-state index in [9.17, 15) is 14.9 Å². The van der Waals surface area contributed by atoms with E-state index in [0.29, 0.717) is 50.0 Å². The number of ether oxygens (including phenoxy) is 3. The summed E-state index contributed by atoms with van der Waals surface area (Å²) in [6.45, 7) is 5.47. The standard InChI is InChI=1S/C31H44N4O6/c1-4-5-6-7-8-9-10-11-22-41-31-28(39-2)23-25(24-29(31)40-3)12-17-30(36)32-34-20-18-33(19-21-34)26-13-15-27(16-14-26)35(37)38/h12-17,23-24H,4-11,18-22H2,1-3H3,(H,32,36). The number of nitro groups is 1. The summed E-state index contributed by atoms with van der Waals surface area (Å²) in [6, 6.07) is 10.2. The van der Waals surface area contributed by atoms with Crippen molar-refractivity contribution < 1.29 is 23.9 Å². The molecular formula is C31H44N4O6. The smallest absolute Gasteiger partial charge is 0.269 e. The fourth-order valence-corrected chi connectivity index (χ4v) is 4.78. The number of piperazine rings is 1. The lowest BCUT2D eigenvalue weighted by molar-refractivity contribution is -0.384. The largest absolute Gasteiger partial charge is 0.493 e. The van der Waals surface area contributed by atoms with Crippen LogP contribution in [0, 0.1) is 10.1 Å². The average molecular weight is 569 g/mol. The number of carbonyl (C=O) groups excluding carboxylic acids is 1. The first kappa shape index (κ1) is 31.7. The van der Waals surface area contributed by atoms with Gasteiger partial charge in [0, 0.05) is 50.1 Å². The minimum absolute atomic E-state index is 0.0719. The van der Waals surface area contributed by atoms with E-state index in [2.05, 4.69) is 17.2 Å². The van der Waals surface area contributed by atoms with Crippen molar-refractivity contribution in [3.63, 3.8) is 0 Å². The van der Waals surface area contributed by atoms with E-state index in [1.165, 1.54) is 56.7 Å². The van der Waals surface area contributed by atoms with Crippen molar-refractivity contribution in [1.82, 2.24) is 10.4 Å². The number of rotatable bonds is 17. The van der Waals surface area contributed by atoms with Crippen LogP contribution in [0.4, 0.5) is 11.4 Å². The van der Waals surface area contributed by atoms with Gasteiger partial charge in [0.05, 0.1) is 25.7 Å². The van der Waals surface area contributed by atoms with Crippen LogP contribution in [0.1, 0.15) is 63.9 Å². The molecule has 0 bridgehead atoms. The number of nitrogens with one attached hydrogen (secondary N) is 1. The second kappa shape index (κ2) is 17.1. The molecule has 1 N–H and O–H groups in total. The second-order valence-corrected chi connectivity index (χ2v) is 10.1. The van der Waals surface area contributed by atoms with Crippen molar-refractivity contribution in [2.75, 3.05) is 51.9 Å². The number of hydrogen-bond donors (Lipinski definition) is 1. The van der Waals surface area contributed by atoms with Crippen molar-refractivity contribution in [3.05, 3.63) is 58.2 Å². The molecule has 2 aromatic rings. The van der Waals surface area contributed by atoms with Gasteiger partial charge in [-0.1, -0.05) is 51.9 Å². The number of benzene rings is 2. The molecule has 10 heteroatoms. The highest BCUT2D eigenvalue weighted by molar-refractivity contribution is 5.91. The molecular weight excluding hydrogens is 524 g/mol. The molecule has 3 rings (SSSR count). The van der Waals surface area contributed by atoms with Crippen molar-refractivity contribution in [2.45, 2.75) is 58.3 Å². The Hall–Kier alpha value is -3.79. The lowest BCUT2D eigenvalue weighted by atomic mass is 10.1. The van der Waals surface area contributed by atoms with Crippen LogP contribution in [0.2, 0.25) is 0 Å². The molecule has 2 aromatic carbocycles. The Bertz CT molecular complexity index is 1100. The van der Waals surface area contributed by atoms with Gasteiger partial charge < -0.3 is 19.1 Å². The Morgan fingerprint density at radius 2 is 1.51 bits per heavy atom. The maximum atomic E-state index is 12.6. The third-order valence-corrected chi connectivity index (χ3v) is 7.13. The van der Waals surface area contributed by atoms with Crippen LogP contribution in [0.25, 0.3) is 6.08 Å². The average Bonchev–Trinajstić information content (AvgIpc) is 2.99. The Labute approximate surface area is 243 Å². The number of non-ortho nitro benzene ring substituents is 1.